The summed E-state index contributed by atoms with van der Waals surface area (Å²) in [6.45, 7) is 0. The van der Waals surface area contributed by atoms with Crippen molar-refractivity contribution in [2.75, 3.05) is 0 Å². The predicted octanol–water partition coefficient (Wildman–Crippen LogP) is 2.77. The second kappa shape index (κ2) is 4.52. The number of rotatable bonds is 2. The maximum atomic E-state index is 12.2. The van der Waals surface area contributed by atoms with E-state index in [9.17, 15) is 18.0 Å². The average Bonchev–Trinajstić information content (AvgIpc) is 2.75. The van der Waals surface area contributed by atoms with Crippen molar-refractivity contribution >= 4 is 21.7 Å². The first-order chi connectivity index (χ1) is 8.38. The van der Waals surface area contributed by atoms with Gasteiger partial charge in [-0.3, -0.25) is 4.79 Å². The molecule has 1 heterocycles. The van der Waals surface area contributed by atoms with Crippen molar-refractivity contribution in [2.45, 2.75) is 6.18 Å². The Balaban J connectivity index is 2.34. The minimum atomic E-state index is -4.95. The molecule has 4 nitrogen and oxygen atoms in total. The van der Waals surface area contributed by atoms with Crippen molar-refractivity contribution in [2.24, 2.45) is 0 Å². The molecule has 1 aromatic carbocycles. The lowest BCUT2D eigenvalue weighted by Gasteiger charge is -2.01. The normalized spacial score (nSPS) is 11.6. The first-order valence-electron chi connectivity index (χ1n) is 4.68. The molecule has 1 aromatic heterocycles. The van der Waals surface area contributed by atoms with Crippen LogP contribution >= 0.6 is 15.9 Å². The summed E-state index contributed by atoms with van der Waals surface area (Å²) in [5, 5.41) is 6.70. The monoisotopic (exact) mass is 319 g/mol. The van der Waals surface area contributed by atoms with Crippen LogP contribution in [-0.4, -0.2) is 27.0 Å². The van der Waals surface area contributed by atoms with E-state index in [4.69, 9.17) is 0 Å². The zero-order chi connectivity index (χ0) is 13.3. The van der Waals surface area contributed by atoms with Crippen LogP contribution in [0, 0.1) is 0 Å². The van der Waals surface area contributed by atoms with E-state index in [0.29, 0.717) is 5.69 Å². The molecule has 2 rings (SSSR count). The molecule has 0 radical (unpaired) electrons. The first kappa shape index (κ1) is 12.7. The number of hydrogen-bond acceptors (Lipinski definition) is 3. The summed E-state index contributed by atoms with van der Waals surface area (Å²) in [6.07, 6.45) is -4.00. The Hall–Kier alpha value is -1.70. The fourth-order valence-corrected chi connectivity index (χ4v) is 1.65. The summed E-state index contributed by atoms with van der Waals surface area (Å²) in [5.74, 6) is -2.01. The van der Waals surface area contributed by atoms with Crippen LogP contribution in [-0.2, 0) is 0 Å². The minimum absolute atomic E-state index is 0.498. The van der Waals surface area contributed by atoms with Gasteiger partial charge in [-0.25, -0.2) is 4.68 Å². The lowest BCUT2D eigenvalue weighted by atomic mass is 10.3. The Morgan fingerprint density at radius 1 is 1.33 bits per heavy atom. The second-order valence-electron chi connectivity index (χ2n) is 3.36. The molecule has 0 N–H and O–H groups in total. The van der Waals surface area contributed by atoms with Crippen LogP contribution in [0.25, 0.3) is 5.69 Å². The van der Waals surface area contributed by atoms with Gasteiger partial charge in [-0.05, 0) is 18.2 Å². The molecular formula is C10H5BrF3N3O. The molecule has 0 saturated carbocycles. The lowest BCUT2D eigenvalue weighted by Crippen LogP contribution is -2.23. The van der Waals surface area contributed by atoms with Gasteiger partial charge in [0.15, 0.2) is 5.69 Å². The van der Waals surface area contributed by atoms with Crippen molar-refractivity contribution in [3.05, 3.63) is 40.6 Å². The maximum absolute atomic E-state index is 12.2. The first-order valence-corrected chi connectivity index (χ1v) is 5.47. The number of aromatic nitrogens is 3. The molecular weight excluding hydrogens is 315 g/mol. The zero-order valence-electron chi connectivity index (χ0n) is 8.65. The topological polar surface area (TPSA) is 47.8 Å². The molecule has 0 atom stereocenters. The number of alkyl halides is 3. The Morgan fingerprint density at radius 3 is 2.67 bits per heavy atom. The van der Waals surface area contributed by atoms with Gasteiger partial charge in [0, 0.05) is 4.47 Å². The summed E-state index contributed by atoms with van der Waals surface area (Å²) < 4.78 is 38.4. The van der Waals surface area contributed by atoms with E-state index in [1.165, 1.54) is 0 Å². The van der Waals surface area contributed by atoms with Gasteiger partial charge in [-0.2, -0.15) is 13.2 Å². The number of carbonyl (C=O) groups excluding carboxylic acids is 1. The maximum Gasteiger partial charge on any atom is 0.456 e. The molecule has 0 amide bonds. The molecule has 0 aliphatic heterocycles. The van der Waals surface area contributed by atoms with Crippen LogP contribution in [0.2, 0.25) is 0 Å². The van der Waals surface area contributed by atoms with Crippen LogP contribution < -0.4 is 0 Å². The molecule has 0 bridgehead atoms. The minimum Gasteiger partial charge on any atom is -0.282 e. The van der Waals surface area contributed by atoms with E-state index >= 15 is 0 Å². The van der Waals surface area contributed by atoms with E-state index in [0.717, 1.165) is 15.4 Å². The lowest BCUT2D eigenvalue weighted by molar-refractivity contribution is -0.0888. The van der Waals surface area contributed by atoms with E-state index < -0.39 is 17.7 Å². The molecule has 0 saturated heterocycles. The highest BCUT2D eigenvalue weighted by atomic mass is 79.9. The van der Waals surface area contributed by atoms with Gasteiger partial charge >= 0.3 is 6.18 Å². The van der Waals surface area contributed by atoms with Crippen molar-refractivity contribution in [3.63, 3.8) is 0 Å². The second-order valence-corrected chi connectivity index (χ2v) is 4.27. The number of carbonyl (C=O) groups is 1. The van der Waals surface area contributed by atoms with Gasteiger partial charge in [0.05, 0.1) is 11.9 Å². The van der Waals surface area contributed by atoms with Crippen LogP contribution in [0.15, 0.2) is 34.9 Å². The van der Waals surface area contributed by atoms with Crippen LogP contribution in [0.3, 0.4) is 0 Å². The Bertz CT molecular complexity index is 594. The fraction of sp³-hybridized carbons (Fsp3) is 0.100. The summed E-state index contributed by atoms with van der Waals surface area (Å²) in [5.41, 5.74) is -0.236. The highest BCUT2D eigenvalue weighted by Gasteiger charge is 2.41. The summed E-state index contributed by atoms with van der Waals surface area (Å²) in [6, 6.07) is 6.70. The van der Waals surface area contributed by atoms with Crippen LogP contribution in [0.4, 0.5) is 13.2 Å². The molecule has 94 valence electrons. The highest BCUT2D eigenvalue weighted by Crippen LogP contribution is 2.21. The fourth-order valence-electron chi connectivity index (χ4n) is 1.26. The van der Waals surface area contributed by atoms with Gasteiger partial charge < -0.3 is 0 Å². The van der Waals surface area contributed by atoms with Crippen LogP contribution in [0.1, 0.15) is 10.5 Å². The molecule has 0 fully saturated rings. The number of ketones is 1. The van der Waals surface area contributed by atoms with Gasteiger partial charge in [-0.1, -0.05) is 27.2 Å². The van der Waals surface area contributed by atoms with Gasteiger partial charge in [0.2, 0.25) is 0 Å². The molecule has 18 heavy (non-hydrogen) atoms. The summed E-state index contributed by atoms with van der Waals surface area (Å²) in [4.78, 5) is 10.9. The van der Waals surface area contributed by atoms with Crippen molar-refractivity contribution in [1.82, 2.24) is 15.0 Å². The summed E-state index contributed by atoms with van der Waals surface area (Å²) in [7, 11) is 0. The molecule has 0 unspecified atom stereocenters. The third-order valence-corrected chi connectivity index (χ3v) is 2.55. The van der Waals surface area contributed by atoms with Crippen molar-refractivity contribution < 1.29 is 18.0 Å². The quantitative estimate of drug-likeness (QED) is 0.800. The number of Topliss-reactive ketones (excluding diaryl/α,β-unsaturated/α-hetero) is 1. The molecule has 0 spiro atoms. The summed E-state index contributed by atoms with van der Waals surface area (Å²) >= 11 is 3.22. The van der Waals surface area contributed by atoms with E-state index in [2.05, 4.69) is 26.2 Å². The van der Waals surface area contributed by atoms with Crippen molar-refractivity contribution in [1.29, 1.82) is 0 Å². The molecule has 2 aromatic rings. The molecule has 0 aliphatic carbocycles. The zero-order valence-corrected chi connectivity index (χ0v) is 10.2. The molecule has 0 aliphatic rings. The number of benzene rings is 1. The average molecular weight is 320 g/mol. The SMILES string of the molecule is O=C(c1cn(-c2cccc(Br)c2)nn1)C(F)(F)F. The standard InChI is InChI=1S/C10H5BrF3N3O/c11-6-2-1-3-7(4-6)17-5-8(15-16-17)9(18)10(12,13)14/h1-5H. The predicted molar refractivity (Wildman–Crippen MR) is 59.4 cm³/mol. The van der Waals surface area contributed by atoms with E-state index in [1.807, 2.05) is 0 Å². The molecule has 8 heteroatoms. The Kier molecular flexibility index (Phi) is 3.20. The van der Waals surface area contributed by atoms with Crippen LogP contribution in [0.5, 0.6) is 0 Å². The van der Waals surface area contributed by atoms with E-state index in [-0.39, 0.29) is 0 Å². The third-order valence-electron chi connectivity index (χ3n) is 2.06. The number of nitrogens with zero attached hydrogens (tertiary/aromatic N) is 3. The van der Waals surface area contributed by atoms with Gasteiger partial charge in [-0.15, -0.1) is 5.10 Å². The Morgan fingerprint density at radius 2 is 2.06 bits per heavy atom. The highest BCUT2D eigenvalue weighted by molar-refractivity contribution is 9.10. The van der Waals surface area contributed by atoms with Crippen molar-refractivity contribution in [3.8, 4) is 5.69 Å². The number of halogens is 4. The smallest absolute Gasteiger partial charge is 0.282 e. The van der Waals surface area contributed by atoms with E-state index in [1.54, 1.807) is 24.3 Å². The van der Waals surface area contributed by atoms with Gasteiger partial charge in [0.1, 0.15) is 0 Å². The number of hydrogen-bond donors (Lipinski definition) is 0. The van der Waals surface area contributed by atoms with Gasteiger partial charge in [0.25, 0.3) is 5.78 Å². The Labute approximate surface area is 108 Å². The largest absolute Gasteiger partial charge is 0.456 e. The third kappa shape index (κ3) is 2.58.